The number of halogens is 1. The highest BCUT2D eigenvalue weighted by molar-refractivity contribution is 7.16. The molecule has 66 valence electrons. The van der Waals surface area contributed by atoms with Crippen LogP contribution in [-0.2, 0) is 0 Å². The van der Waals surface area contributed by atoms with Gasteiger partial charge in [0.15, 0.2) is 0 Å². The second kappa shape index (κ2) is 3.02. The molecule has 2 radical (unpaired) electrons. The smallest absolute Gasteiger partial charge is 0.305 e. The summed E-state index contributed by atoms with van der Waals surface area (Å²) in [5, 5.41) is 0.472. The molecule has 2 aromatic rings. The summed E-state index contributed by atoms with van der Waals surface area (Å²) in [6.07, 6.45) is 0. The Morgan fingerprint density at radius 3 is 3.00 bits per heavy atom. The number of hydrogen-bond acceptors (Lipinski definition) is 3. The minimum Gasteiger partial charge on any atom is -0.310 e. The molecule has 2 N–H and O–H groups in total. The number of fused-ring (bicyclic) bond motifs is 1. The van der Waals surface area contributed by atoms with Crippen molar-refractivity contribution in [2.45, 2.75) is 0 Å². The predicted molar refractivity (Wildman–Crippen MR) is 53.2 cm³/mol. The van der Waals surface area contributed by atoms with Crippen molar-refractivity contribution in [2.75, 3.05) is 5.43 Å². The normalized spacial score (nSPS) is 10.6. The zero-order valence-electron chi connectivity index (χ0n) is 6.30. The van der Waals surface area contributed by atoms with Gasteiger partial charge in [0.25, 0.3) is 0 Å². The topological polar surface area (TPSA) is 67.2 Å². The summed E-state index contributed by atoms with van der Waals surface area (Å²) < 4.78 is 0.717. The maximum absolute atomic E-state index is 11.0. The van der Waals surface area contributed by atoms with Gasteiger partial charge < -0.3 is 4.98 Å². The first-order chi connectivity index (χ1) is 6.20. The standard InChI is InChI=1S/C7H4ClN3OS/c8-3-1-4(11-9)6-5(2-3)13-7(12)10-6/h1-2,11H,(H,10,12). The molecule has 0 saturated heterocycles. The van der Waals surface area contributed by atoms with Crippen LogP contribution in [0.3, 0.4) is 0 Å². The van der Waals surface area contributed by atoms with Crippen LogP contribution in [0, 0.1) is 0 Å². The number of aromatic amines is 1. The van der Waals surface area contributed by atoms with Gasteiger partial charge in [-0.3, -0.25) is 10.2 Å². The third-order valence-electron chi connectivity index (χ3n) is 1.62. The summed E-state index contributed by atoms with van der Waals surface area (Å²) in [6.45, 7) is 0. The van der Waals surface area contributed by atoms with Gasteiger partial charge in [-0.2, -0.15) is 0 Å². The number of benzene rings is 1. The molecular formula is C7H4ClN3OS. The number of thiazole rings is 1. The molecule has 1 heterocycles. The minimum absolute atomic E-state index is 0.172. The van der Waals surface area contributed by atoms with Gasteiger partial charge >= 0.3 is 4.87 Å². The first-order valence-electron chi connectivity index (χ1n) is 3.43. The SMILES string of the molecule is [N]Nc1cc(Cl)cc2sc(=O)[nH]c12. The van der Waals surface area contributed by atoms with E-state index in [4.69, 9.17) is 17.4 Å². The summed E-state index contributed by atoms with van der Waals surface area (Å²) in [6, 6.07) is 3.20. The quantitative estimate of drug-likeness (QED) is 0.708. The van der Waals surface area contributed by atoms with E-state index in [0.29, 0.717) is 20.9 Å². The molecule has 0 spiro atoms. The van der Waals surface area contributed by atoms with Crippen molar-refractivity contribution in [2.24, 2.45) is 0 Å². The van der Waals surface area contributed by atoms with E-state index in [9.17, 15) is 4.79 Å². The van der Waals surface area contributed by atoms with Gasteiger partial charge in [-0.15, -0.1) is 0 Å². The fourth-order valence-corrected chi connectivity index (χ4v) is 2.19. The molecule has 0 amide bonds. The van der Waals surface area contributed by atoms with Gasteiger partial charge in [-0.05, 0) is 18.0 Å². The van der Waals surface area contributed by atoms with Crippen molar-refractivity contribution in [3.05, 3.63) is 26.8 Å². The molecule has 0 aliphatic heterocycles. The average Bonchev–Trinajstić information content (AvgIpc) is 2.43. The lowest BCUT2D eigenvalue weighted by molar-refractivity contribution is 1.29. The van der Waals surface area contributed by atoms with Crippen LogP contribution in [0.2, 0.25) is 5.02 Å². The highest BCUT2D eigenvalue weighted by atomic mass is 35.5. The maximum Gasteiger partial charge on any atom is 0.305 e. The minimum atomic E-state index is -0.172. The van der Waals surface area contributed by atoms with E-state index in [1.54, 1.807) is 6.07 Å². The van der Waals surface area contributed by atoms with Gasteiger partial charge in [0.1, 0.15) is 0 Å². The molecule has 2 rings (SSSR count). The molecule has 0 bridgehead atoms. The van der Waals surface area contributed by atoms with Crippen molar-refractivity contribution in [3.63, 3.8) is 0 Å². The second-order valence-electron chi connectivity index (χ2n) is 2.45. The monoisotopic (exact) mass is 213 g/mol. The Morgan fingerprint density at radius 1 is 1.54 bits per heavy atom. The van der Waals surface area contributed by atoms with Gasteiger partial charge in [0.2, 0.25) is 0 Å². The van der Waals surface area contributed by atoms with Crippen molar-refractivity contribution in [3.8, 4) is 0 Å². The fourth-order valence-electron chi connectivity index (χ4n) is 1.11. The first kappa shape index (κ1) is 8.55. The molecular weight excluding hydrogens is 210 g/mol. The van der Waals surface area contributed by atoms with E-state index >= 15 is 0 Å². The van der Waals surface area contributed by atoms with Gasteiger partial charge in [-0.25, -0.2) is 0 Å². The highest BCUT2D eigenvalue weighted by Crippen LogP contribution is 2.27. The van der Waals surface area contributed by atoms with E-state index in [-0.39, 0.29) is 4.87 Å². The van der Waals surface area contributed by atoms with Gasteiger partial charge in [-0.1, -0.05) is 22.9 Å². The van der Waals surface area contributed by atoms with Crippen LogP contribution in [0.15, 0.2) is 16.9 Å². The molecule has 0 aliphatic rings. The van der Waals surface area contributed by atoms with E-state index < -0.39 is 0 Å². The lowest BCUT2D eigenvalue weighted by atomic mass is 10.3. The zero-order chi connectivity index (χ0) is 9.42. The number of aromatic nitrogens is 1. The summed E-state index contributed by atoms with van der Waals surface area (Å²) >= 11 is 6.80. The summed E-state index contributed by atoms with van der Waals surface area (Å²) in [7, 11) is 0. The number of rotatable bonds is 1. The van der Waals surface area contributed by atoms with E-state index in [1.807, 2.05) is 5.43 Å². The Labute approximate surface area is 82.3 Å². The number of H-pyrrole nitrogens is 1. The number of anilines is 1. The molecule has 13 heavy (non-hydrogen) atoms. The van der Waals surface area contributed by atoms with Gasteiger partial charge in [0.05, 0.1) is 15.9 Å². The Kier molecular flexibility index (Phi) is 1.99. The van der Waals surface area contributed by atoms with Crippen LogP contribution in [0.25, 0.3) is 10.2 Å². The molecule has 1 aromatic carbocycles. The lowest BCUT2D eigenvalue weighted by Gasteiger charge is -1.99. The van der Waals surface area contributed by atoms with Crippen molar-refractivity contribution >= 4 is 38.8 Å². The number of nitrogens with one attached hydrogen (secondary N) is 2. The van der Waals surface area contributed by atoms with E-state index in [0.717, 1.165) is 11.3 Å². The molecule has 0 unspecified atom stereocenters. The molecule has 0 atom stereocenters. The first-order valence-corrected chi connectivity index (χ1v) is 4.62. The molecule has 0 saturated carbocycles. The maximum atomic E-state index is 11.0. The second-order valence-corrected chi connectivity index (χ2v) is 3.90. The highest BCUT2D eigenvalue weighted by Gasteiger charge is 2.05. The zero-order valence-corrected chi connectivity index (χ0v) is 7.87. The summed E-state index contributed by atoms with van der Waals surface area (Å²) in [5.74, 6) is 8.74. The fraction of sp³-hybridized carbons (Fsp3) is 0. The van der Waals surface area contributed by atoms with Crippen LogP contribution in [0.5, 0.6) is 0 Å². The molecule has 0 aliphatic carbocycles. The molecule has 6 heteroatoms. The Bertz CT molecular complexity index is 504. The Balaban J connectivity index is 2.88. The number of hydrogen-bond donors (Lipinski definition) is 2. The third kappa shape index (κ3) is 1.41. The summed E-state index contributed by atoms with van der Waals surface area (Å²) in [5.41, 5.74) is 2.95. The van der Waals surface area contributed by atoms with Crippen molar-refractivity contribution < 1.29 is 0 Å². The number of nitrogens with zero attached hydrogens (tertiary/aromatic N) is 1. The van der Waals surface area contributed by atoms with Crippen LogP contribution in [-0.4, -0.2) is 4.98 Å². The van der Waals surface area contributed by atoms with Crippen LogP contribution in [0.1, 0.15) is 0 Å². The molecule has 0 fully saturated rings. The Morgan fingerprint density at radius 2 is 2.31 bits per heavy atom. The van der Waals surface area contributed by atoms with Crippen LogP contribution >= 0.6 is 22.9 Å². The van der Waals surface area contributed by atoms with Crippen molar-refractivity contribution in [1.29, 1.82) is 0 Å². The largest absolute Gasteiger partial charge is 0.310 e. The van der Waals surface area contributed by atoms with E-state index in [2.05, 4.69) is 4.98 Å². The lowest BCUT2D eigenvalue weighted by Crippen LogP contribution is -1.95. The average molecular weight is 214 g/mol. The molecule has 4 nitrogen and oxygen atoms in total. The van der Waals surface area contributed by atoms with Gasteiger partial charge in [0, 0.05) is 5.02 Å². The summed E-state index contributed by atoms with van der Waals surface area (Å²) in [4.78, 5) is 13.4. The van der Waals surface area contributed by atoms with Crippen LogP contribution < -0.4 is 16.1 Å². The third-order valence-corrected chi connectivity index (χ3v) is 2.66. The van der Waals surface area contributed by atoms with E-state index in [1.165, 1.54) is 6.07 Å². The van der Waals surface area contributed by atoms with Crippen molar-refractivity contribution in [1.82, 2.24) is 10.8 Å². The van der Waals surface area contributed by atoms with Crippen LogP contribution in [0.4, 0.5) is 5.69 Å². The molecule has 1 aromatic heterocycles. The predicted octanol–water partition coefficient (Wildman–Crippen LogP) is 1.64. The Hall–Kier alpha value is -1.04.